The third-order valence-electron chi connectivity index (χ3n) is 2.89. The lowest BCUT2D eigenvalue weighted by Crippen LogP contribution is -2.26. The SMILES string of the molecule is CN(Cc1ccccc1)S(=O)(=O)c1ccc(N)cc1Cl. The average molecular weight is 311 g/mol. The van der Waals surface area contributed by atoms with E-state index in [0.717, 1.165) is 5.56 Å². The zero-order valence-electron chi connectivity index (χ0n) is 11.0. The number of benzene rings is 2. The minimum absolute atomic E-state index is 0.0618. The topological polar surface area (TPSA) is 63.4 Å². The van der Waals surface area contributed by atoms with E-state index in [1.807, 2.05) is 30.3 Å². The summed E-state index contributed by atoms with van der Waals surface area (Å²) >= 11 is 5.98. The largest absolute Gasteiger partial charge is 0.399 e. The van der Waals surface area contributed by atoms with Crippen LogP contribution in [-0.4, -0.2) is 19.8 Å². The van der Waals surface area contributed by atoms with E-state index in [4.69, 9.17) is 17.3 Å². The number of hydrogen-bond donors (Lipinski definition) is 1. The second-order valence-corrected chi connectivity index (χ2v) is 6.86. The van der Waals surface area contributed by atoms with Crippen LogP contribution in [0.15, 0.2) is 53.4 Å². The molecule has 0 saturated carbocycles. The van der Waals surface area contributed by atoms with Crippen molar-refractivity contribution in [3.05, 3.63) is 59.1 Å². The smallest absolute Gasteiger partial charge is 0.244 e. The summed E-state index contributed by atoms with van der Waals surface area (Å²) < 4.78 is 26.2. The van der Waals surface area contributed by atoms with Crippen LogP contribution in [0.5, 0.6) is 0 Å². The van der Waals surface area contributed by atoms with Crippen LogP contribution in [0.1, 0.15) is 5.56 Å². The van der Waals surface area contributed by atoms with Gasteiger partial charge >= 0.3 is 0 Å². The first-order valence-corrected chi connectivity index (χ1v) is 7.78. The summed E-state index contributed by atoms with van der Waals surface area (Å²) in [5, 5.41) is 0.130. The van der Waals surface area contributed by atoms with Crippen molar-refractivity contribution in [2.24, 2.45) is 0 Å². The van der Waals surface area contributed by atoms with Crippen molar-refractivity contribution in [2.75, 3.05) is 12.8 Å². The van der Waals surface area contributed by atoms with Gasteiger partial charge in [-0.1, -0.05) is 41.9 Å². The Balaban J connectivity index is 2.30. The Morgan fingerprint density at radius 1 is 1.15 bits per heavy atom. The van der Waals surface area contributed by atoms with Gasteiger partial charge in [-0.2, -0.15) is 4.31 Å². The van der Waals surface area contributed by atoms with Crippen molar-refractivity contribution >= 4 is 27.3 Å². The molecule has 0 radical (unpaired) electrons. The van der Waals surface area contributed by atoms with Crippen LogP contribution in [0, 0.1) is 0 Å². The molecule has 2 aromatic carbocycles. The lowest BCUT2D eigenvalue weighted by atomic mass is 10.2. The Bertz CT molecular complexity index is 702. The molecule has 0 saturated heterocycles. The third-order valence-corrected chi connectivity index (χ3v) is 5.18. The van der Waals surface area contributed by atoms with Gasteiger partial charge in [0.05, 0.1) is 5.02 Å². The molecule has 0 spiro atoms. The predicted octanol–water partition coefficient (Wildman–Crippen LogP) is 2.74. The Kier molecular flexibility index (Phi) is 4.32. The van der Waals surface area contributed by atoms with E-state index in [-0.39, 0.29) is 16.5 Å². The third kappa shape index (κ3) is 3.12. The molecule has 0 unspecified atom stereocenters. The second-order valence-electron chi connectivity index (χ2n) is 4.44. The van der Waals surface area contributed by atoms with Gasteiger partial charge in [0.1, 0.15) is 4.90 Å². The quantitative estimate of drug-likeness (QED) is 0.883. The molecule has 2 aromatic rings. The van der Waals surface area contributed by atoms with Gasteiger partial charge in [-0.3, -0.25) is 0 Å². The number of nitrogens with zero attached hydrogens (tertiary/aromatic N) is 1. The molecule has 6 heteroatoms. The lowest BCUT2D eigenvalue weighted by molar-refractivity contribution is 0.467. The van der Waals surface area contributed by atoms with Crippen LogP contribution >= 0.6 is 11.6 Å². The van der Waals surface area contributed by atoms with Crippen LogP contribution in [0.4, 0.5) is 5.69 Å². The van der Waals surface area contributed by atoms with Crippen LogP contribution in [0.3, 0.4) is 0 Å². The molecule has 0 aliphatic heterocycles. The molecule has 0 aromatic heterocycles. The Morgan fingerprint density at radius 2 is 1.80 bits per heavy atom. The van der Waals surface area contributed by atoms with Gasteiger partial charge in [0.25, 0.3) is 0 Å². The van der Waals surface area contributed by atoms with Gasteiger partial charge in [0, 0.05) is 19.3 Å². The molecule has 0 bridgehead atoms. The number of rotatable bonds is 4. The van der Waals surface area contributed by atoms with Crippen LogP contribution in [-0.2, 0) is 16.6 Å². The number of halogens is 1. The molecular formula is C14H15ClN2O2S. The molecule has 0 atom stereocenters. The maximum absolute atomic E-state index is 12.5. The summed E-state index contributed by atoms with van der Waals surface area (Å²) in [5.74, 6) is 0. The summed E-state index contributed by atoms with van der Waals surface area (Å²) in [5.41, 5.74) is 6.92. The van der Waals surface area contributed by atoms with E-state index in [0.29, 0.717) is 5.69 Å². The molecule has 106 valence electrons. The van der Waals surface area contributed by atoms with Crippen molar-refractivity contribution in [2.45, 2.75) is 11.4 Å². The molecule has 0 amide bonds. The van der Waals surface area contributed by atoms with Crippen LogP contribution in [0.25, 0.3) is 0 Å². The van der Waals surface area contributed by atoms with Crippen molar-refractivity contribution in [3.8, 4) is 0 Å². The zero-order chi connectivity index (χ0) is 14.8. The van der Waals surface area contributed by atoms with Crippen molar-refractivity contribution in [3.63, 3.8) is 0 Å². The first kappa shape index (κ1) is 14.8. The second kappa shape index (κ2) is 5.83. The zero-order valence-corrected chi connectivity index (χ0v) is 12.5. The number of sulfonamides is 1. The minimum Gasteiger partial charge on any atom is -0.399 e. The summed E-state index contributed by atoms with van der Waals surface area (Å²) in [6, 6.07) is 13.7. The summed E-state index contributed by atoms with van der Waals surface area (Å²) in [6.07, 6.45) is 0. The van der Waals surface area contributed by atoms with Gasteiger partial charge in [-0.25, -0.2) is 8.42 Å². The van der Waals surface area contributed by atoms with E-state index in [1.54, 1.807) is 0 Å². The van der Waals surface area contributed by atoms with Gasteiger partial charge < -0.3 is 5.73 Å². The van der Waals surface area contributed by atoms with Gasteiger partial charge in [-0.05, 0) is 23.8 Å². The molecular weight excluding hydrogens is 296 g/mol. The number of hydrogen-bond acceptors (Lipinski definition) is 3. The fourth-order valence-corrected chi connectivity index (χ4v) is 3.50. The number of anilines is 1. The highest BCUT2D eigenvalue weighted by Crippen LogP contribution is 2.26. The molecule has 2 N–H and O–H groups in total. The first-order valence-electron chi connectivity index (χ1n) is 5.96. The maximum Gasteiger partial charge on any atom is 0.244 e. The van der Waals surface area contributed by atoms with E-state index in [1.165, 1.54) is 29.6 Å². The highest BCUT2D eigenvalue weighted by molar-refractivity contribution is 7.89. The first-order chi connectivity index (χ1) is 9.41. The van der Waals surface area contributed by atoms with E-state index in [2.05, 4.69) is 0 Å². The highest BCUT2D eigenvalue weighted by atomic mass is 35.5. The highest BCUT2D eigenvalue weighted by Gasteiger charge is 2.23. The predicted molar refractivity (Wildman–Crippen MR) is 81.0 cm³/mol. The Hall–Kier alpha value is -1.56. The Morgan fingerprint density at radius 3 is 2.40 bits per heavy atom. The average Bonchev–Trinajstić information content (AvgIpc) is 2.39. The van der Waals surface area contributed by atoms with E-state index >= 15 is 0 Å². The van der Waals surface area contributed by atoms with E-state index in [9.17, 15) is 8.42 Å². The van der Waals surface area contributed by atoms with E-state index < -0.39 is 10.0 Å². The summed E-state index contributed by atoms with van der Waals surface area (Å²) in [7, 11) is -2.12. The molecule has 20 heavy (non-hydrogen) atoms. The number of nitrogen functional groups attached to an aromatic ring is 1. The fourth-order valence-electron chi connectivity index (χ4n) is 1.82. The van der Waals surface area contributed by atoms with Crippen molar-refractivity contribution in [1.82, 2.24) is 4.31 Å². The molecule has 0 aliphatic carbocycles. The summed E-state index contributed by atoms with van der Waals surface area (Å²) in [6.45, 7) is 0.282. The monoisotopic (exact) mass is 310 g/mol. The normalized spacial score (nSPS) is 11.8. The summed E-state index contributed by atoms with van der Waals surface area (Å²) in [4.78, 5) is 0.0618. The molecule has 0 heterocycles. The van der Waals surface area contributed by atoms with Crippen LogP contribution in [0.2, 0.25) is 5.02 Å². The van der Waals surface area contributed by atoms with Crippen LogP contribution < -0.4 is 5.73 Å². The fraction of sp³-hybridized carbons (Fsp3) is 0.143. The molecule has 0 aliphatic rings. The maximum atomic E-state index is 12.5. The van der Waals surface area contributed by atoms with Gasteiger partial charge in [-0.15, -0.1) is 0 Å². The molecule has 0 fully saturated rings. The lowest BCUT2D eigenvalue weighted by Gasteiger charge is -2.18. The van der Waals surface area contributed by atoms with Gasteiger partial charge in [0.15, 0.2) is 0 Å². The standard InChI is InChI=1S/C14H15ClN2O2S/c1-17(10-11-5-3-2-4-6-11)20(18,19)14-8-7-12(16)9-13(14)15/h2-9H,10,16H2,1H3. The van der Waals surface area contributed by atoms with Crippen molar-refractivity contribution < 1.29 is 8.42 Å². The number of nitrogens with two attached hydrogens (primary N) is 1. The molecule has 4 nitrogen and oxygen atoms in total. The minimum atomic E-state index is -3.64. The Labute approximate surface area is 123 Å². The van der Waals surface area contributed by atoms with Gasteiger partial charge in [0.2, 0.25) is 10.0 Å². The van der Waals surface area contributed by atoms with Crippen molar-refractivity contribution in [1.29, 1.82) is 0 Å². The molecule has 2 rings (SSSR count).